The van der Waals surface area contributed by atoms with Crippen molar-refractivity contribution in [3.05, 3.63) is 58.1 Å². The van der Waals surface area contributed by atoms with Crippen molar-refractivity contribution in [1.29, 1.82) is 0 Å². The second kappa shape index (κ2) is 7.32. The minimum Gasteiger partial charge on any atom is -0.479 e. The minimum absolute atomic E-state index is 0.0127. The number of alkyl halides is 3. The lowest BCUT2D eigenvalue weighted by Crippen LogP contribution is -2.30. The molecule has 24 heavy (non-hydrogen) atoms. The van der Waals surface area contributed by atoms with E-state index in [1.165, 1.54) is 6.92 Å². The van der Waals surface area contributed by atoms with Gasteiger partial charge in [-0.1, -0.05) is 35.3 Å². The van der Waals surface area contributed by atoms with Crippen LogP contribution in [0.15, 0.2) is 42.5 Å². The maximum Gasteiger partial charge on any atom is 0.416 e. The molecule has 1 atom stereocenters. The van der Waals surface area contributed by atoms with Crippen LogP contribution in [0.25, 0.3) is 0 Å². The van der Waals surface area contributed by atoms with Crippen molar-refractivity contribution in [3.63, 3.8) is 0 Å². The van der Waals surface area contributed by atoms with Gasteiger partial charge in [-0.25, -0.2) is 0 Å². The Morgan fingerprint density at radius 2 is 1.79 bits per heavy atom. The maximum absolute atomic E-state index is 12.7. The molecule has 0 heterocycles. The Morgan fingerprint density at radius 3 is 2.42 bits per heavy atom. The summed E-state index contributed by atoms with van der Waals surface area (Å²) >= 11 is 11.8. The zero-order valence-corrected chi connectivity index (χ0v) is 13.8. The lowest BCUT2D eigenvalue weighted by atomic mass is 10.2. The molecule has 0 spiro atoms. The fourth-order valence-corrected chi connectivity index (χ4v) is 2.16. The normalized spacial score (nSPS) is 12.6. The zero-order chi connectivity index (χ0) is 17.9. The SMILES string of the molecule is C[C@@H](Oc1ccccc1Cl)C(=O)Nc1cc(C(F)(F)F)ccc1Cl. The van der Waals surface area contributed by atoms with Crippen LogP contribution >= 0.6 is 23.2 Å². The second-order valence-electron chi connectivity index (χ2n) is 4.87. The summed E-state index contributed by atoms with van der Waals surface area (Å²) in [6.45, 7) is 1.44. The molecule has 0 bridgehead atoms. The summed E-state index contributed by atoms with van der Waals surface area (Å²) in [5.74, 6) is -0.367. The van der Waals surface area contributed by atoms with Crippen LogP contribution < -0.4 is 10.1 Å². The Balaban J connectivity index is 2.13. The number of carbonyl (C=O) groups excluding carboxylic acids is 1. The van der Waals surface area contributed by atoms with E-state index in [4.69, 9.17) is 27.9 Å². The highest BCUT2D eigenvalue weighted by Gasteiger charge is 2.31. The van der Waals surface area contributed by atoms with Gasteiger partial charge in [0.2, 0.25) is 0 Å². The molecule has 8 heteroatoms. The van der Waals surface area contributed by atoms with Crippen LogP contribution in [-0.4, -0.2) is 12.0 Å². The first-order valence-corrected chi connectivity index (χ1v) is 7.53. The van der Waals surface area contributed by atoms with Gasteiger partial charge in [0.15, 0.2) is 6.10 Å². The van der Waals surface area contributed by atoms with Gasteiger partial charge in [0.1, 0.15) is 5.75 Å². The van der Waals surface area contributed by atoms with Crippen molar-refractivity contribution in [2.45, 2.75) is 19.2 Å². The number of para-hydroxylation sites is 1. The van der Waals surface area contributed by atoms with Crippen LogP contribution in [0.5, 0.6) is 5.75 Å². The first-order chi connectivity index (χ1) is 11.2. The average Bonchev–Trinajstić information content (AvgIpc) is 2.50. The van der Waals surface area contributed by atoms with Crippen LogP contribution in [-0.2, 0) is 11.0 Å². The Morgan fingerprint density at radius 1 is 1.12 bits per heavy atom. The van der Waals surface area contributed by atoms with E-state index < -0.39 is 23.8 Å². The number of hydrogen-bond donors (Lipinski definition) is 1. The molecule has 3 nitrogen and oxygen atoms in total. The van der Waals surface area contributed by atoms with Crippen molar-refractivity contribution >= 4 is 34.8 Å². The summed E-state index contributed by atoms with van der Waals surface area (Å²) in [6.07, 6.45) is -5.53. The van der Waals surface area contributed by atoms with Crippen molar-refractivity contribution in [2.75, 3.05) is 5.32 Å². The van der Waals surface area contributed by atoms with Gasteiger partial charge >= 0.3 is 6.18 Å². The monoisotopic (exact) mass is 377 g/mol. The number of amides is 1. The molecule has 1 N–H and O–H groups in total. The molecule has 1 amide bonds. The van der Waals surface area contributed by atoms with Crippen molar-refractivity contribution in [2.24, 2.45) is 0 Å². The molecule has 2 rings (SSSR count). The van der Waals surface area contributed by atoms with Crippen molar-refractivity contribution < 1.29 is 22.7 Å². The Kier molecular flexibility index (Phi) is 5.62. The van der Waals surface area contributed by atoms with E-state index in [0.717, 1.165) is 18.2 Å². The maximum atomic E-state index is 12.7. The molecule has 0 radical (unpaired) electrons. The summed E-state index contributed by atoms with van der Waals surface area (Å²) in [5.41, 5.74) is -1.06. The number of halogens is 5. The number of nitrogens with one attached hydrogen (secondary N) is 1. The molecule has 0 fully saturated rings. The molecule has 2 aromatic carbocycles. The van der Waals surface area contributed by atoms with Gasteiger partial charge in [-0.15, -0.1) is 0 Å². The number of anilines is 1. The van der Waals surface area contributed by atoms with E-state index >= 15 is 0 Å². The first kappa shape index (κ1) is 18.4. The van der Waals surface area contributed by atoms with Gasteiger partial charge in [0.25, 0.3) is 5.91 Å². The van der Waals surface area contributed by atoms with E-state index in [2.05, 4.69) is 5.32 Å². The van der Waals surface area contributed by atoms with Gasteiger partial charge in [0.05, 0.1) is 21.3 Å². The van der Waals surface area contributed by atoms with Gasteiger partial charge in [-0.3, -0.25) is 4.79 Å². The molecular formula is C16H12Cl2F3NO2. The highest BCUT2D eigenvalue weighted by Crippen LogP contribution is 2.34. The quantitative estimate of drug-likeness (QED) is 0.772. The molecule has 0 aliphatic carbocycles. The summed E-state index contributed by atoms with van der Waals surface area (Å²) in [7, 11) is 0. The van der Waals surface area contributed by atoms with E-state index in [1.807, 2.05) is 0 Å². The third kappa shape index (κ3) is 4.55. The fraction of sp³-hybridized carbons (Fsp3) is 0.188. The summed E-state index contributed by atoms with van der Waals surface area (Å²) < 4.78 is 43.6. The number of hydrogen-bond acceptors (Lipinski definition) is 2. The molecule has 0 saturated heterocycles. The van der Waals surface area contributed by atoms with Gasteiger partial charge in [-0.05, 0) is 37.3 Å². The van der Waals surface area contributed by atoms with Crippen molar-refractivity contribution in [3.8, 4) is 5.75 Å². The molecular weight excluding hydrogens is 366 g/mol. The van der Waals surface area contributed by atoms with E-state index in [9.17, 15) is 18.0 Å². The van der Waals surface area contributed by atoms with Gasteiger partial charge in [0, 0.05) is 0 Å². The molecule has 0 aromatic heterocycles. The van der Waals surface area contributed by atoms with Crippen LogP contribution in [0, 0.1) is 0 Å². The zero-order valence-electron chi connectivity index (χ0n) is 12.3. The van der Waals surface area contributed by atoms with E-state index in [1.54, 1.807) is 24.3 Å². The Bertz CT molecular complexity index is 750. The topological polar surface area (TPSA) is 38.3 Å². The van der Waals surface area contributed by atoms with Gasteiger partial charge in [-0.2, -0.15) is 13.2 Å². The smallest absolute Gasteiger partial charge is 0.416 e. The predicted octanol–water partition coefficient (Wildman–Crippen LogP) is 5.42. The van der Waals surface area contributed by atoms with Crippen LogP contribution in [0.3, 0.4) is 0 Å². The van der Waals surface area contributed by atoms with E-state index in [-0.39, 0.29) is 16.5 Å². The molecule has 2 aromatic rings. The van der Waals surface area contributed by atoms with Crippen LogP contribution in [0.4, 0.5) is 18.9 Å². The van der Waals surface area contributed by atoms with Crippen LogP contribution in [0.2, 0.25) is 10.0 Å². The predicted molar refractivity (Wildman–Crippen MR) is 86.6 cm³/mol. The van der Waals surface area contributed by atoms with Gasteiger partial charge < -0.3 is 10.1 Å². The molecule has 0 saturated carbocycles. The first-order valence-electron chi connectivity index (χ1n) is 6.77. The fourth-order valence-electron chi connectivity index (χ4n) is 1.82. The summed E-state index contributed by atoms with van der Waals surface area (Å²) in [6, 6.07) is 9.20. The number of ether oxygens (including phenoxy) is 1. The lowest BCUT2D eigenvalue weighted by Gasteiger charge is -2.17. The largest absolute Gasteiger partial charge is 0.479 e. The lowest BCUT2D eigenvalue weighted by molar-refractivity contribution is -0.137. The second-order valence-corrected chi connectivity index (χ2v) is 5.69. The van der Waals surface area contributed by atoms with Crippen LogP contribution in [0.1, 0.15) is 12.5 Å². The van der Waals surface area contributed by atoms with E-state index in [0.29, 0.717) is 5.02 Å². The highest BCUT2D eigenvalue weighted by atomic mass is 35.5. The molecule has 0 aliphatic heterocycles. The molecule has 0 aliphatic rings. The number of carbonyl (C=O) groups is 1. The Hall–Kier alpha value is -1.92. The third-order valence-electron chi connectivity index (χ3n) is 3.06. The number of benzene rings is 2. The molecule has 128 valence electrons. The number of rotatable bonds is 4. The Labute approximate surface area is 146 Å². The highest BCUT2D eigenvalue weighted by molar-refractivity contribution is 6.33. The third-order valence-corrected chi connectivity index (χ3v) is 3.70. The van der Waals surface area contributed by atoms with Crippen molar-refractivity contribution in [1.82, 2.24) is 0 Å². The summed E-state index contributed by atoms with van der Waals surface area (Å²) in [5, 5.41) is 2.62. The molecule has 0 unspecified atom stereocenters. The average molecular weight is 378 g/mol. The standard InChI is InChI=1S/C16H12Cl2F3NO2/c1-9(24-14-5-3-2-4-12(14)18)15(23)22-13-8-10(16(19,20)21)6-7-11(13)17/h2-9H,1H3,(H,22,23)/t9-/m1/s1. The minimum atomic E-state index is -4.54. The summed E-state index contributed by atoms with van der Waals surface area (Å²) in [4.78, 5) is 12.1.